The van der Waals surface area contributed by atoms with Crippen LogP contribution in [0.2, 0.25) is 5.02 Å². The lowest BCUT2D eigenvalue weighted by Crippen LogP contribution is -2.40. The van der Waals surface area contributed by atoms with Crippen LogP contribution in [0.15, 0.2) is 24.3 Å². The van der Waals surface area contributed by atoms with E-state index in [-0.39, 0.29) is 12.2 Å². The highest BCUT2D eigenvalue weighted by Crippen LogP contribution is 2.26. The molecule has 1 amide bonds. The van der Waals surface area contributed by atoms with E-state index in [9.17, 15) is 14.7 Å². The minimum absolute atomic E-state index is 0.0367. The minimum Gasteiger partial charge on any atom is -0.476 e. The molecular formula is C19H22ClN3O4. The summed E-state index contributed by atoms with van der Waals surface area (Å²) >= 11 is 6.23. The summed E-state index contributed by atoms with van der Waals surface area (Å²) < 4.78 is 7.08. The predicted octanol–water partition coefficient (Wildman–Crippen LogP) is 3.58. The molecule has 0 fully saturated rings. The Balaban J connectivity index is 1.90. The SMILES string of the molecule is CC(C)(C)OC(=O)N1CCc2c(c(C(=O)O)nn2Cc2ccccc2Cl)C1. The Morgan fingerprint density at radius 2 is 2.00 bits per heavy atom. The van der Waals surface area contributed by atoms with Gasteiger partial charge < -0.3 is 14.7 Å². The zero-order valence-electron chi connectivity index (χ0n) is 15.5. The number of carbonyl (C=O) groups excluding carboxylic acids is 1. The molecule has 1 N–H and O–H groups in total. The summed E-state index contributed by atoms with van der Waals surface area (Å²) in [7, 11) is 0. The Hall–Kier alpha value is -2.54. The van der Waals surface area contributed by atoms with Crippen molar-refractivity contribution < 1.29 is 19.4 Å². The van der Waals surface area contributed by atoms with Crippen LogP contribution in [0.3, 0.4) is 0 Å². The molecule has 0 spiro atoms. The molecule has 144 valence electrons. The summed E-state index contributed by atoms with van der Waals surface area (Å²) in [6, 6.07) is 7.38. The Bertz CT molecular complexity index is 886. The first kappa shape index (κ1) is 19.2. The van der Waals surface area contributed by atoms with Gasteiger partial charge >= 0.3 is 12.1 Å². The molecule has 2 aromatic rings. The van der Waals surface area contributed by atoms with Gasteiger partial charge in [0.2, 0.25) is 0 Å². The number of carbonyl (C=O) groups is 2. The number of fused-ring (bicyclic) bond motifs is 1. The van der Waals surface area contributed by atoms with Gasteiger partial charge in [0.15, 0.2) is 5.69 Å². The topological polar surface area (TPSA) is 84.7 Å². The molecule has 2 heterocycles. The highest BCUT2D eigenvalue weighted by atomic mass is 35.5. The van der Waals surface area contributed by atoms with Gasteiger partial charge in [0.1, 0.15) is 5.60 Å². The van der Waals surface area contributed by atoms with Crippen molar-refractivity contribution in [3.8, 4) is 0 Å². The van der Waals surface area contributed by atoms with E-state index in [0.717, 1.165) is 11.3 Å². The van der Waals surface area contributed by atoms with Crippen molar-refractivity contribution in [1.82, 2.24) is 14.7 Å². The monoisotopic (exact) mass is 391 g/mol. The number of rotatable bonds is 3. The summed E-state index contributed by atoms with van der Waals surface area (Å²) in [5.41, 5.74) is 1.57. The average molecular weight is 392 g/mol. The number of nitrogens with zero attached hydrogens (tertiary/aromatic N) is 3. The maximum atomic E-state index is 12.4. The first-order valence-electron chi connectivity index (χ1n) is 8.69. The minimum atomic E-state index is -1.12. The average Bonchev–Trinajstić information content (AvgIpc) is 2.93. The number of ether oxygens (including phenoxy) is 1. The van der Waals surface area contributed by atoms with Gasteiger partial charge in [0.25, 0.3) is 0 Å². The second kappa shape index (κ2) is 7.23. The Morgan fingerprint density at radius 3 is 2.63 bits per heavy atom. The quantitative estimate of drug-likeness (QED) is 0.864. The second-order valence-electron chi connectivity index (χ2n) is 7.48. The number of aromatic carboxylic acids is 1. The van der Waals surface area contributed by atoms with E-state index >= 15 is 0 Å². The molecule has 0 unspecified atom stereocenters. The van der Waals surface area contributed by atoms with E-state index in [1.807, 2.05) is 18.2 Å². The smallest absolute Gasteiger partial charge is 0.410 e. The molecule has 0 atom stereocenters. The van der Waals surface area contributed by atoms with Crippen molar-refractivity contribution in [2.45, 2.75) is 45.9 Å². The zero-order chi connectivity index (χ0) is 19.8. The van der Waals surface area contributed by atoms with Gasteiger partial charge in [0, 0.05) is 29.2 Å². The molecule has 7 nitrogen and oxygen atoms in total. The molecule has 0 aliphatic carbocycles. The molecule has 8 heteroatoms. The molecule has 0 saturated carbocycles. The van der Waals surface area contributed by atoms with Crippen molar-refractivity contribution in [1.29, 1.82) is 0 Å². The van der Waals surface area contributed by atoms with Gasteiger partial charge in [0.05, 0.1) is 13.1 Å². The molecule has 0 radical (unpaired) electrons. The van der Waals surface area contributed by atoms with E-state index in [2.05, 4.69) is 5.10 Å². The molecule has 0 bridgehead atoms. The lowest BCUT2D eigenvalue weighted by atomic mass is 10.1. The highest BCUT2D eigenvalue weighted by molar-refractivity contribution is 6.31. The largest absolute Gasteiger partial charge is 0.476 e. The fourth-order valence-electron chi connectivity index (χ4n) is 3.06. The van der Waals surface area contributed by atoms with E-state index in [4.69, 9.17) is 16.3 Å². The first-order chi connectivity index (χ1) is 12.7. The van der Waals surface area contributed by atoms with Crippen LogP contribution in [-0.2, 0) is 24.2 Å². The van der Waals surface area contributed by atoms with Crippen LogP contribution in [0.25, 0.3) is 0 Å². The number of amides is 1. The second-order valence-corrected chi connectivity index (χ2v) is 7.89. The number of aromatic nitrogens is 2. The molecule has 3 rings (SSSR count). The lowest BCUT2D eigenvalue weighted by Gasteiger charge is -2.30. The van der Waals surface area contributed by atoms with Gasteiger partial charge in [-0.15, -0.1) is 0 Å². The van der Waals surface area contributed by atoms with Crippen LogP contribution in [0, 0.1) is 0 Å². The van der Waals surface area contributed by atoms with Crippen LogP contribution in [0.4, 0.5) is 4.79 Å². The summed E-state index contributed by atoms with van der Waals surface area (Å²) in [6.07, 6.45) is 0.0441. The van der Waals surface area contributed by atoms with E-state index in [1.54, 1.807) is 31.5 Å². The van der Waals surface area contributed by atoms with Gasteiger partial charge in [-0.2, -0.15) is 5.10 Å². The van der Waals surface area contributed by atoms with Crippen LogP contribution in [0.5, 0.6) is 0 Å². The van der Waals surface area contributed by atoms with Gasteiger partial charge in [-0.05, 0) is 32.4 Å². The Kier molecular flexibility index (Phi) is 5.15. The fraction of sp³-hybridized carbons (Fsp3) is 0.421. The number of carboxylic acid groups (broad SMARTS) is 1. The van der Waals surface area contributed by atoms with E-state index < -0.39 is 17.7 Å². The van der Waals surface area contributed by atoms with Crippen LogP contribution in [0.1, 0.15) is 48.1 Å². The number of hydrogen-bond donors (Lipinski definition) is 1. The summed E-state index contributed by atoms with van der Waals surface area (Å²) in [6.45, 7) is 6.37. The normalized spacial score (nSPS) is 14.0. The van der Waals surface area contributed by atoms with E-state index in [0.29, 0.717) is 30.1 Å². The lowest BCUT2D eigenvalue weighted by molar-refractivity contribution is 0.0220. The third-order valence-corrected chi connectivity index (χ3v) is 4.63. The fourth-order valence-corrected chi connectivity index (χ4v) is 3.26. The first-order valence-corrected chi connectivity index (χ1v) is 9.06. The zero-order valence-corrected chi connectivity index (χ0v) is 16.3. The number of carboxylic acids is 1. The van der Waals surface area contributed by atoms with Crippen LogP contribution < -0.4 is 0 Å². The Labute approximate surface area is 162 Å². The molecule has 1 aromatic carbocycles. The van der Waals surface area contributed by atoms with Crippen molar-refractivity contribution in [2.75, 3.05) is 6.54 Å². The number of hydrogen-bond acceptors (Lipinski definition) is 4. The summed E-state index contributed by atoms with van der Waals surface area (Å²) in [5, 5.41) is 14.4. The predicted molar refractivity (Wildman–Crippen MR) is 100 cm³/mol. The van der Waals surface area contributed by atoms with Crippen LogP contribution in [-0.4, -0.2) is 44.0 Å². The molecule has 1 aliphatic heterocycles. The number of halogens is 1. The van der Waals surface area contributed by atoms with Gasteiger partial charge in [-0.1, -0.05) is 29.8 Å². The van der Waals surface area contributed by atoms with Crippen molar-refractivity contribution in [3.63, 3.8) is 0 Å². The van der Waals surface area contributed by atoms with Crippen molar-refractivity contribution >= 4 is 23.7 Å². The number of benzene rings is 1. The Morgan fingerprint density at radius 1 is 1.30 bits per heavy atom. The third-order valence-electron chi connectivity index (χ3n) is 4.27. The van der Waals surface area contributed by atoms with Crippen molar-refractivity contribution in [3.05, 3.63) is 51.8 Å². The van der Waals surface area contributed by atoms with Gasteiger partial charge in [-0.3, -0.25) is 4.68 Å². The highest BCUT2D eigenvalue weighted by Gasteiger charge is 2.32. The third kappa shape index (κ3) is 4.24. The molecule has 27 heavy (non-hydrogen) atoms. The molecule has 0 saturated heterocycles. The standard InChI is InChI=1S/C19H22ClN3O4/c1-19(2,3)27-18(26)22-9-8-15-13(11-22)16(17(24)25)21-23(15)10-12-6-4-5-7-14(12)20/h4-7H,8-11H2,1-3H3,(H,24,25). The summed E-state index contributed by atoms with van der Waals surface area (Å²) in [4.78, 5) is 25.5. The maximum Gasteiger partial charge on any atom is 0.410 e. The summed E-state index contributed by atoms with van der Waals surface area (Å²) in [5.74, 6) is -1.12. The molecule has 1 aliphatic rings. The van der Waals surface area contributed by atoms with Crippen molar-refractivity contribution in [2.24, 2.45) is 0 Å². The molecule has 1 aromatic heterocycles. The van der Waals surface area contributed by atoms with E-state index in [1.165, 1.54) is 4.90 Å². The maximum absolute atomic E-state index is 12.4. The van der Waals surface area contributed by atoms with Crippen LogP contribution >= 0.6 is 11.6 Å². The van der Waals surface area contributed by atoms with Gasteiger partial charge in [-0.25, -0.2) is 9.59 Å². The molecular weight excluding hydrogens is 370 g/mol.